The van der Waals surface area contributed by atoms with Gasteiger partial charge in [-0.1, -0.05) is 30.3 Å². The van der Waals surface area contributed by atoms with Crippen LogP contribution in [0.2, 0.25) is 0 Å². The number of hydrogen-bond acceptors (Lipinski definition) is 5. The van der Waals surface area contributed by atoms with Gasteiger partial charge in [0.1, 0.15) is 24.5 Å². The zero-order chi connectivity index (χ0) is 20.5. The highest BCUT2D eigenvalue weighted by Crippen LogP contribution is 2.54. The molecule has 30 heavy (non-hydrogen) atoms. The van der Waals surface area contributed by atoms with Gasteiger partial charge in [-0.05, 0) is 67.2 Å². The average Bonchev–Trinajstić information content (AvgIpc) is 3.71. The van der Waals surface area contributed by atoms with Crippen LogP contribution in [-0.2, 0) is 11.3 Å². The Hall–Kier alpha value is -3.15. The molecule has 2 aliphatic carbocycles. The fourth-order valence-corrected chi connectivity index (χ4v) is 4.27. The Morgan fingerprint density at radius 1 is 1.13 bits per heavy atom. The molecule has 1 N–H and O–H groups in total. The molecule has 0 radical (unpaired) electrons. The van der Waals surface area contributed by atoms with Crippen LogP contribution in [0.4, 0.5) is 4.79 Å². The summed E-state index contributed by atoms with van der Waals surface area (Å²) in [6.45, 7) is 0.215. The number of benzene rings is 2. The van der Waals surface area contributed by atoms with Crippen molar-refractivity contribution in [3.8, 4) is 0 Å². The fraction of sp³-hybridized carbons (Fsp3) is 0.375. The first-order valence-electron chi connectivity index (χ1n) is 10.5. The van der Waals surface area contributed by atoms with Crippen LogP contribution >= 0.6 is 0 Å². The van der Waals surface area contributed by atoms with Crippen LogP contribution in [0.25, 0.3) is 11.1 Å². The highest BCUT2D eigenvalue weighted by Gasteiger charge is 2.48. The van der Waals surface area contributed by atoms with E-state index in [9.17, 15) is 9.59 Å². The summed E-state index contributed by atoms with van der Waals surface area (Å²) in [6, 6.07) is 14.5. The Balaban J connectivity index is 1.39. The number of aldehydes is 1. The highest BCUT2D eigenvalue weighted by atomic mass is 16.5. The minimum atomic E-state index is -0.467. The van der Waals surface area contributed by atoms with E-state index in [4.69, 9.17) is 9.15 Å². The normalized spacial score (nSPS) is 17.1. The van der Waals surface area contributed by atoms with E-state index in [1.165, 1.54) is 25.7 Å². The molecule has 1 amide bonds. The predicted molar refractivity (Wildman–Crippen MR) is 111 cm³/mol. The van der Waals surface area contributed by atoms with Crippen LogP contribution in [0.5, 0.6) is 0 Å². The molecule has 1 aromatic heterocycles. The standard InChI is InChI=1S/C24H24N2O4/c27-13-16-6-11-20-19(12-16)25-23(30-20)22(21(17-7-8-17)18-9-10-18)26-24(28)29-14-15-4-2-1-3-5-15/h1-6,11-13,17-18,21-22H,7-10,14H2,(H,26,28)/t22-/m0/s1. The van der Waals surface area contributed by atoms with Gasteiger partial charge in [0.2, 0.25) is 5.89 Å². The van der Waals surface area contributed by atoms with Gasteiger partial charge in [-0.2, -0.15) is 0 Å². The molecule has 0 aliphatic heterocycles. The summed E-state index contributed by atoms with van der Waals surface area (Å²) in [5, 5.41) is 3.05. The number of nitrogens with one attached hydrogen (secondary N) is 1. The van der Waals surface area contributed by atoms with Gasteiger partial charge in [0.05, 0.1) is 0 Å². The monoisotopic (exact) mass is 404 g/mol. The molecule has 2 aromatic carbocycles. The largest absolute Gasteiger partial charge is 0.445 e. The molecule has 2 aliphatic rings. The number of carbonyl (C=O) groups is 2. The van der Waals surface area contributed by atoms with E-state index in [0.717, 1.165) is 11.8 Å². The molecular weight excluding hydrogens is 380 g/mol. The summed E-state index contributed by atoms with van der Waals surface area (Å²) < 4.78 is 11.5. The summed E-state index contributed by atoms with van der Waals surface area (Å²) in [7, 11) is 0. The van der Waals surface area contributed by atoms with E-state index in [1.807, 2.05) is 30.3 Å². The second-order valence-electron chi connectivity index (χ2n) is 8.33. The lowest BCUT2D eigenvalue weighted by molar-refractivity contribution is 0.112. The molecule has 154 valence electrons. The number of carbonyl (C=O) groups excluding carboxylic acids is 2. The molecular formula is C24H24N2O4. The van der Waals surface area contributed by atoms with Gasteiger partial charge >= 0.3 is 6.09 Å². The molecule has 0 saturated heterocycles. The lowest BCUT2D eigenvalue weighted by Crippen LogP contribution is -2.36. The number of amides is 1. The quantitative estimate of drug-likeness (QED) is 0.532. The zero-order valence-corrected chi connectivity index (χ0v) is 16.6. The number of nitrogens with zero attached hydrogens (tertiary/aromatic N) is 1. The summed E-state index contributed by atoms with van der Waals surface area (Å²) in [4.78, 5) is 28.4. The highest BCUT2D eigenvalue weighted by molar-refractivity contribution is 5.83. The Labute approximate surface area is 174 Å². The minimum Gasteiger partial charge on any atom is -0.445 e. The second-order valence-corrected chi connectivity index (χ2v) is 8.33. The van der Waals surface area contributed by atoms with Crippen molar-refractivity contribution in [2.45, 2.75) is 38.3 Å². The molecule has 0 bridgehead atoms. The molecule has 1 heterocycles. The van der Waals surface area contributed by atoms with Gasteiger partial charge in [-0.25, -0.2) is 9.78 Å². The minimum absolute atomic E-state index is 0.215. The van der Waals surface area contributed by atoms with Crippen molar-refractivity contribution in [1.82, 2.24) is 10.3 Å². The fourth-order valence-electron chi connectivity index (χ4n) is 4.27. The van der Waals surface area contributed by atoms with Crippen LogP contribution in [0, 0.1) is 17.8 Å². The van der Waals surface area contributed by atoms with Gasteiger partial charge in [0.25, 0.3) is 0 Å². The number of ether oxygens (including phenoxy) is 1. The number of alkyl carbamates (subject to hydrolysis) is 1. The molecule has 0 unspecified atom stereocenters. The maximum Gasteiger partial charge on any atom is 0.408 e. The van der Waals surface area contributed by atoms with E-state index in [0.29, 0.717) is 40.3 Å². The third kappa shape index (κ3) is 4.08. The van der Waals surface area contributed by atoms with E-state index in [2.05, 4.69) is 10.3 Å². The van der Waals surface area contributed by atoms with Crippen molar-refractivity contribution in [2.24, 2.45) is 17.8 Å². The molecule has 2 fully saturated rings. The van der Waals surface area contributed by atoms with E-state index >= 15 is 0 Å². The molecule has 2 saturated carbocycles. The third-order valence-electron chi connectivity index (χ3n) is 6.03. The summed E-state index contributed by atoms with van der Waals surface area (Å²) in [6.07, 6.45) is 5.02. The van der Waals surface area contributed by atoms with Crippen molar-refractivity contribution >= 4 is 23.5 Å². The summed E-state index contributed by atoms with van der Waals surface area (Å²) in [5.74, 6) is 1.95. The number of oxazole rings is 1. The van der Waals surface area contributed by atoms with Crippen molar-refractivity contribution in [3.05, 3.63) is 65.5 Å². The van der Waals surface area contributed by atoms with Gasteiger partial charge < -0.3 is 14.5 Å². The first kappa shape index (κ1) is 18.9. The topological polar surface area (TPSA) is 81.4 Å². The van der Waals surface area contributed by atoms with E-state index in [-0.39, 0.29) is 12.6 Å². The molecule has 6 heteroatoms. The van der Waals surface area contributed by atoms with Gasteiger partial charge in [0, 0.05) is 5.56 Å². The van der Waals surface area contributed by atoms with Gasteiger partial charge in [0.15, 0.2) is 5.58 Å². The van der Waals surface area contributed by atoms with Crippen molar-refractivity contribution in [1.29, 1.82) is 0 Å². The van der Waals surface area contributed by atoms with Crippen molar-refractivity contribution in [2.75, 3.05) is 0 Å². The molecule has 0 spiro atoms. The second kappa shape index (κ2) is 7.94. The maximum absolute atomic E-state index is 12.7. The Morgan fingerprint density at radius 3 is 2.53 bits per heavy atom. The number of rotatable bonds is 8. The summed E-state index contributed by atoms with van der Waals surface area (Å²) >= 11 is 0. The maximum atomic E-state index is 12.7. The molecule has 3 aromatic rings. The molecule has 5 rings (SSSR count). The molecule has 6 nitrogen and oxygen atoms in total. The zero-order valence-electron chi connectivity index (χ0n) is 16.6. The van der Waals surface area contributed by atoms with Crippen LogP contribution in [0.1, 0.15) is 53.5 Å². The smallest absolute Gasteiger partial charge is 0.408 e. The first-order valence-corrected chi connectivity index (χ1v) is 10.5. The SMILES string of the molecule is O=Cc1ccc2oc([C@@H](NC(=O)OCc3ccccc3)C(C3CC3)C3CC3)nc2c1. The van der Waals surface area contributed by atoms with E-state index < -0.39 is 6.09 Å². The molecule has 1 atom stereocenters. The third-order valence-corrected chi connectivity index (χ3v) is 6.03. The number of hydrogen-bond donors (Lipinski definition) is 1. The van der Waals surface area contributed by atoms with Crippen LogP contribution in [0.15, 0.2) is 52.9 Å². The lowest BCUT2D eigenvalue weighted by atomic mass is 9.89. The Bertz CT molecular complexity index is 1040. The predicted octanol–water partition coefficient (Wildman–Crippen LogP) is 5.04. The van der Waals surface area contributed by atoms with E-state index in [1.54, 1.807) is 18.2 Å². The van der Waals surface area contributed by atoms with Gasteiger partial charge in [-0.3, -0.25) is 4.79 Å². The number of fused-ring (bicyclic) bond motifs is 1. The Kier molecular flexibility index (Phi) is 4.99. The summed E-state index contributed by atoms with van der Waals surface area (Å²) in [5.41, 5.74) is 2.73. The first-order chi connectivity index (χ1) is 14.7. The lowest BCUT2D eigenvalue weighted by Gasteiger charge is -2.25. The Morgan fingerprint density at radius 2 is 1.87 bits per heavy atom. The average molecular weight is 404 g/mol. The van der Waals surface area contributed by atoms with Gasteiger partial charge in [-0.15, -0.1) is 0 Å². The van der Waals surface area contributed by atoms with Crippen molar-refractivity contribution < 1.29 is 18.7 Å². The van der Waals surface area contributed by atoms with Crippen LogP contribution in [0.3, 0.4) is 0 Å². The number of aromatic nitrogens is 1. The van der Waals surface area contributed by atoms with Crippen LogP contribution in [-0.4, -0.2) is 17.4 Å². The van der Waals surface area contributed by atoms with Crippen LogP contribution < -0.4 is 5.32 Å². The van der Waals surface area contributed by atoms with Crippen molar-refractivity contribution in [3.63, 3.8) is 0 Å².